The predicted octanol–water partition coefficient (Wildman–Crippen LogP) is 1.85. The second kappa shape index (κ2) is 5.51. The van der Waals surface area contributed by atoms with Gasteiger partial charge in [0.2, 0.25) is 0 Å². The predicted molar refractivity (Wildman–Crippen MR) is 65.5 cm³/mol. The van der Waals surface area contributed by atoms with Crippen LogP contribution >= 0.6 is 0 Å². The highest BCUT2D eigenvalue weighted by atomic mass is 16.5. The number of carbonyl (C=O) groups is 3. The summed E-state index contributed by atoms with van der Waals surface area (Å²) in [5.41, 5.74) is 0.759. The Labute approximate surface area is 109 Å². The zero-order valence-corrected chi connectivity index (χ0v) is 11.1. The number of aromatic carboxylic acids is 1. The summed E-state index contributed by atoms with van der Waals surface area (Å²) in [5.74, 6) is -2.38. The molecule has 0 aromatic heterocycles. The van der Waals surface area contributed by atoms with Gasteiger partial charge in [0.1, 0.15) is 17.1 Å². The first-order chi connectivity index (χ1) is 8.73. The van der Waals surface area contributed by atoms with E-state index < -0.39 is 17.9 Å². The third-order valence-corrected chi connectivity index (χ3v) is 2.54. The molecule has 0 aliphatic rings. The molecule has 1 aromatic carbocycles. The van der Waals surface area contributed by atoms with Crippen LogP contribution in [-0.2, 0) is 9.59 Å². The summed E-state index contributed by atoms with van der Waals surface area (Å²) >= 11 is 0. The third kappa shape index (κ3) is 3.31. The van der Waals surface area contributed by atoms with Gasteiger partial charge in [-0.3, -0.25) is 9.59 Å². The molecular formula is C13H14O6. The summed E-state index contributed by atoms with van der Waals surface area (Å²) < 4.78 is 9.81. The monoisotopic (exact) mass is 266 g/mol. The van der Waals surface area contributed by atoms with Gasteiger partial charge in [0, 0.05) is 19.9 Å². The van der Waals surface area contributed by atoms with E-state index in [1.165, 1.54) is 13.0 Å². The van der Waals surface area contributed by atoms with E-state index in [9.17, 15) is 14.4 Å². The Bertz CT molecular complexity index is 559. The molecule has 19 heavy (non-hydrogen) atoms. The second-order valence-corrected chi connectivity index (χ2v) is 3.99. The molecule has 0 saturated heterocycles. The Hall–Kier alpha value is -2.37. The number of carboxylic acids is 1. The van der Waals surface area contributed by atoms with Gasteiger partial charge >= 0.3 is 17.9 Å². The van der Waals surface area contributed by atoms with E-state index in [1.807, 2.05) is 0 Å². The van der Waals surface area contributed by atoms with Crippen molar-refractivity contribution in [2.24, 2.45) is 0 Å². The Morgan fingerprint density at radius 3 is 1.84 bits per heavy atom. The van der Waals surface area contributed by atoms with Gasteiger partial charge in [0.05, 0.1) is 0 Å². The van der Waals surface area contributed by atoms with Gasteiger partial charge in [-0.25, -0.2) is 4.79 Å². The molecular weight excluding hydrogens is 252 g/mol. The van der Waals surface area contributed by atoms with Crippen molar-refractivity contribution in [2.75, 3.05) is 0 Å². The zero-order valence-electron chi connectivity index (χ0n) is 11.1. The summed E-state index contributed by atoms with van der Waals surface area (Å²) in [7, 11) is 0. The smallest absolute Gasteiger partial charge is 0.339 e. The van der Waals surface area contributed by atoms with E-state index in [4.69, 9.17) is 14.6 Å². The Morgan fingerprint density at radius 2 is 1.42 bits per heavy atom. The number of rotatable bonds is 3. The number of carbonyl (C=O) groups excluding carboxylic acids is 2. The maximum absolute atomic E-state index is 11.2. The fourth-order valence-corrected chi connectivity index (χ4v) is 1.62. The van der Waals surface area contributed by atoms with E-state index >= 15 is 0 Å². The fraction of sp³-hybridized carbons (Fsp3) is 0.308. The highest BCUT2D eigenvalue weighted by molar-refractivity contribution is 5.94. The van der Waals surface area contributed by atoms with Gasteiger partial charge in [-0.1, -0.05) is 0 Å². The SMILES string of the molecule is CC(=O)Oc1cc(OC(C)=O)c(C(=O)O)c(C)c1C. The van der Waals surface area contributed by atoms with E-state index in [2.05, 4.69) is 0 Å². The van der Waals surface area contributed by atoms with Crippen LogP contribution in [-0.4, -0.2) is 23.0 Å². The van der Waals surface area contributed by atoms with Gasteiger partial charge in [-0.2, -0.15) is 0 Å². The average Bonchev–Trinajstić information content (AvgIpc) is 2.23. The second-order valence-electron chi connectivity index (χ2n) is 3.99. The molecule has 1 N–H and O–H groups in total. The lowest BCUT2D eigenvalue weighted by atomic mass is 10.0. The molecule has 1 aromatic rings. The molecule has 0 atom stereocenters. The van der Waals surface area contributed by atoms with Gasteiger partial charge in [-0.15, -0.1) is 0 Å². The molecule has 1 rings (SSSR count). The Morgan fingerprint density at radius 1 is 0.947 bits per heavy atom. The molecule has 0 bridgehead atoms. The molecule has 0 fully saturated rings. The molecule has 0 saturated carbocycles. The van der Waals surface area contributed by atoms with Crippen LogP contribution in [0.2, 0.25) is 0 Å². The van der Waals surface area contributed by atoms with Gasteiger partial charge in [-0.05, 0) is 25.0 Å². The first-order valence-electron chi connectivity index (χ1n) is 5.48. The van der Waals surface area contributed by atoms with Crippen molar-refractivity contribution in [3.05, 3.63) is 22.8 Å². The highest BCUT2D eigenvalue weighted by Crippen LogP contribution is 2.33. The lowest BCUT2D eigenvalue weighted by molar-refractivity contribution is -0.132. The molecule has 0 radical (unpaired) electrons. The highest BCUT2D eigenvalue weighted by Gasteiger charge is 2.21. The maximum atomic E-state index is 11.2. The number of hydrogen-bond donors (Lipinski definition) is 1. The van der Waals surface area contributed by atoms with Crippen molar-refractivity contribution in [2.45, 2.75) is 27.7 Å². The summed E-state index contributed by atoms with van der Waals surface area (Å²) in [6.07, 6.45) is 0. The standard InChI is InChI=1S/C13H14O6/c1-6-7(2)12(13(16)17)11(19-9(4)15)5-10(6)18-8(3)14/h5H,1-4H3,(H,16,17). The number of ether oxygens (including phenoxy) is 2. The molecule has 0 amide bonds. The lowest BCUT2D eigenvalue weighted by Gasteiger charge is -2.14. The van der Waals surface area contributed by atoms with Crippen LogP contribution in [0.4, 0.5) is 0 Å². The van der Waals surface area contributed by atoms with Crippen molar-refractivity contribution >= 4 is 17.9 Å². The first kappa shape index (κ1) is 14.7. The van der Waals surface area contributed by atoms with Crippen LogP contribution < -0.4 is 9.47 Å². The molecule has 102 valence electrons. The van der Waals surface area contributed by atoms with Gasteiger partial charge in [0.15, 0.2) is 0 Å². The topological polar surface area (TPSA) is 89.9 Å². The number of hydrogen-bond acceptors (Lipinski definition) is 5. The van der Waals surface area contributed by atoms with Crippen molar-refractivity contribution in [3.63, 3.8) is 0 Å². The fourth-order valence-electron chi connectivity index (χ4n) is 1.62. The maximum Gasteiger partial charge on any atom is 0.339 e. The molecule has 0 unspecified atom stereocenters. The largest absolute Gasteiger partial charge is 0.478 e. The van der Waals surface area contributed by atoms with E-state index in [-0.39, 0.29) is 17.1 Å². The number of carboxylic acid groups (broad SMARTS) is 1. The van der Waals surface area contributed by atoms with Crippen LogP contribution in [0.25, 0.3) is 0 Å². The molecule has 0 spiro atoms. The summed E-state index contributed by atoms with van der Waals surface area (Å²) in [6, 6.07) is 1.23. The summed E-state index contributed by atoms with van der Waals surface area (Å²) in [5, 5.41) is 9.16. The number of esters is 2. The molecule has 0 aliphatic heterocycles. The minimum Gasteiger partial charge on any atom is -0.478 e. The van der Waals surface area contributed by atoms with Crippen LogP contribution in [0.15, 0.2) is 6.07 Å². The van der Waals surface area contributed by atoms with Crippen LogP contribution in [0.5, 0.6) is 11.5 Å². The van der Waals surface area contributed by atoms with Crippen molar-refractivity contribution in [1.29, 1.82) is 0 Å². The minimum atomic E-state index is -1.22. The Balaban J connectivity index is 3.48. The van der Waals surface area contributed by atoms with Crippen molar-refractivity contribution in [3.8, 4) is 11.5 Å². The summed E-state index contributed by atoms with van der Waals surface area (Å²) in [4.78, 5) is 33.2. The lowest BCUT2D eigenvalue weighted by Crippen LogP contribution is -2.12. The average molecular weight is 266 g/mol. The van der Waals surface area contributed by atoms with Gasteiger partial charge in [0.25, 0.3) is 0 Å². The Kier molecular flexibility index (Phi) is 4.26. The molecule has 6 nitrogen and oxygen atoms in total. The normalized spacial score (nSPS) is 9.89. The quantitative estimate of drug-likeness (QED) is 0.663. The summed E-state index contributed by atoms with van der Waals surface area (Å²) in [6.45, 7) is 5.56. The molecule has 0 aliphatic carbocycles. The minimum absolute atomic E-state index is 0.122. The van der Waals surface area contributed by atoms with Crippen LogP contribution in [0, 0.1) is 13.8 Å². The van der Waals surface area contributed by atoms with Crippen molar-refractivity contribution < 1.29 is 29.0 Å². The van der Waals surface area contributed by atoms with E-state index in [0.717, 1.165) is 6.92 Å². The van der Waals surface area contributed by atoms with Crippen LogP contribution in [0.1, 0.15) is 35.3 Å². The van der Waals surface area contributed by atoms with Crippen molar-refractivity contribution in [1.82, 2.24) is 0 Å². The molecule has 6 heteroatoms. The van der Waals surface area contributed by atoms with E-state index in [0.29, 0.717) is 11.1 Å². The number of benzene rings is 1. The third-order valence-electron chi connectivity index (χ3n) is 2.54. The zero-order chi connectivity index (χ0) is 14.7. The van der Waals surface area contributed by atoms with Crippen LogP contribution in [0.3, 0.4) is 0 Å². The molecule has 0 heterocycles. The van der Waals surface area contributed by atoms with Gasteiger partial charge < -0.3 is 14.6 Å². The first-order valence-corrected chi connectivity index (χ1v) is 5.48. The van der Waals surface area contributed by atoms with E-state index in [1.54, 1.807) is 13.8 Å².